The van der Waals surface area contributed by atoms with Gasteiger partial charge in [0.2, 0.25) is 0 Å². The number of carboxylic acids is 1. The van der Waals surface area contributed by atoms with Gasteiger partial charge in [-0.05, 0) is 29.5 Å². The lowest BCUT2D eigenvalue weighted by Crippen LogP contribution is -2.59. The zero-order valence-electron chi connectivity index (χ0n) is 17.8. The van der Waals surface area contributed by atoms with Crippen LogP contribution in [-0.2, 0) is 15.9 Å². The number of hydrogen-bond donors (Lipinski definition) is 2. The van der Waals surface area contributed by atoms with Crippen LogP contribution in [0, 0.1) is 0 Å². The lowest BCUT2D eigenvalue weighted by atomic mass is 9.72. The molecule has 2 N–H and O–H groups in total. The second-order valence-corrected chi connectivity index (χ2v) is 8.45. The van der Waals surface area contributed by atoms with Crippen LogP contribution < -0.4 is 0 Å². The Labute approximate surface area is 183 Å². The fourth-order valence-corrected chi connectivity index (χ4v) is 5.09. The number of carboxylic acid groups (broad SMARTS) is 1. The van der Waals surface area contributed by atoms with Crippen molar-refractivity contribution in [2.75, 3.05) is 13.1 Å². The van der Waals surface area contributed by atoms with Crippen LogP contribution >= 0.6 is 0 Å². The molecule has 1 saturated heterocycles. The SMILES string of the molecule is C[C@@H](c1ccccc1)[C@](C(=O)O)(c1ccccc1)N1CCC(O)(c2ccccc2)CC1. The Hall–Kier alpha value is -2.95. The maximum Gasteiger partial charge on any atom is 0.329 e. The van der Waals surface area contributed by atoms with E-state index in [-0.39, 0.29) is 5.92 Å². The fourth-order valence-electron chi connectivity index (χ4n) is 5.09. The highest BCUT2D eigenvalue weighted by atomic mass is 16.4. The minimum atomic E-state index is -1.22. The van der Waals surface area contributed by atoms with Crippen LogP contribution in [0.1, 0.15) is 42.4 Å². The molecule has 1 aliphatic rings. The Kier molecular flexibility index (Phi) is 5.94. The van der Waals surface area contributed by atoms with E-state index >= 15 is 0 Å². The Balaban J connectivity index is 1.75. The van der Waals surface area contributed by atoms with E-state index in [1.54, 1.807) is 0 Å². The molecule has 4 rings (SSSR count). The summed E-state index contributed by atoms with van der Waals surface area (Å²) in [5.74, 6) is -1.14. The lowest BCUT2D eigenvalue weighted by Gasteiger charge is -2.49. The smallest absolute Gasteiger partial charge is 0.329 e. The van der Waals surface area contributed by atoms with Crippen molar-refractivity contribution in [3.05, 3.63) is 108 Å². The number of benzene rings is 3. The van der Waals surface area contributed by atoms with Gasteiger partial charge >= 0.3 is 5.97 Å². The van der Waals surface area contributed by atoms with Gasteiger partial charge in [0.25, 0.3) is 0 Å². The summed E-state index contributed by atoms with van der Waals surface area (Å²) in [4.78, 5) is 15.1. The van der Waals surface area contributed by atoms with Crippen LogP contribution in [0.2, 0.25) is 0 Å². The number of rotatable bonds is 6. The molecular formula is C27H29NO3. The van der Waals surface area contributed by atoms with E-state index < -0.39 is 17.1 Å². The summed E-state index contributed by atoms with van der Waals surface area (Å²) >= 11 is 0. The van der Waals surface area contributed by atoms with Crippen molar-refractivity contribution in [2.45, 2.75) is 36.8 Å². The predicted octanol–water partition coefficient (Wildman–Crippen LogP) is 4.75. The van der Waals surface area contributed by atoms with Crippen LogP contribution in [0.4, 0.5) is 0 Å². The van der Waals surface area contributed by atoms with Crippen molar-refractivity contribution in [3.63, 3.8) is 0 Å². The zero-order valence-corrected chi connectivity index (χ0v) is 17.8. The quantitative estimate of drug-likeness (QED) is 0.610. The first-order valence-electron chi connectivity index (χ1n) is 10.9. The van der Waals surface area contributed by atoms with Crippen LogP contribution in [0.25, 0.3) is 0 Å². The van der Waals surface area contributed by atoms with Gasteiger partial charge in [-0.15, -0.1) is 0 Å². The average molecular weight is 416 g/mol. The molecule has 0 spiro atoms. The topological polar surface area (TPSA) is 60.8 Å². The molecule has 0 bridgehead atoms. The first-order chi connectivity index (χ1) is 15.0. The normalized spacial score (nSPS) is 19.3. The number of carbonyl (C=O) groups is 1. The third-order valence-electron chi connectivity index (χ3n) is 6.87. The van der Waals surface area contributed by atoms with Crippen molar-refractivity contribution >= 4 is 5.97 Å². The van der Waals surface area contributed by atoms with Gasteiger partial charge in [0.15, 0.2) is 5.54 Å². The van der Waals surface area contributed by atoms with Crippen molar-refractivity contribution in [2.24, 2.45) is 0 Å². The Morgan fingerprint density at radius 3 is 1.87 bits per heavy atom. The molecule has 0 amide bonds. The van der Waals surface area contributed by atoms with E-state index in [0.717, 1.165) is 16.7 Å². The summed E-state index contributed by atoms with van der Waals surface area (Å²) in [6.07, 6.45) is 0.973. The number of likely N-dealkylation sites (tertiary alicyclic amines) is 1. The summed E-state index contributed by atoms with van der Waals surface area (Å²) in [6.45, 7) is 2.97. The Morgan fingerprint density at radius 1 is 0.871 bits per heavy atom. The van der Waals surface area contributed by atoms with E-state index in [1.165, 1.54) is 0 Å². The standard InChI is InChI=1S/C27H29NO3/c1-21(22-11-5-2-6-12-22)27(25(29)30,24-15-9-4-10-16-24)28-19-17-26(31,18-20-28)23-13-7-3-8-14-23/h2-16,21,31H,17-20H2,1H3,(H,29,30)/t21-,27+/m0/s1. The third-order valence-corrected chi connectivity index (χ3v) is 6.87. The summed E-state index contributed by atoms with van der Waals surface area (Å²) in [5.41, 5.74) is 0.489. The first kappa shape index (κ1) is 21.3. The van der Waals surface area contributed by atoms with Crippen molar-refractivity contribution in [1.29, 1.82) is 0 Å². The van der Waals surface area contributed by atoms with Gasteiger partial charge in [0.05, 0.1) is 5.60 Å². The molecule has 0 aromatic heterocycles. The number of hydrogen-bond acceptors (Lipinski definition) is 3. The largest absolute Gasteiger partial charge is 0.480 e. The lowest BCUT2D eigenvalue weighted by molar-refractivity contribution is -0.159. The molecular weight excluding hydrogens is 386 g/mol. The van der Waals surface area contributed by atoms with Crippen LogP contribution in [0.5, 0.6) is 0 Å². The summed E-state index contributed by atoms with van der Waals surface area (Å²) in [7, 11) is 0. The van der Waals surface area contributed by atoms with Gasteiger partial charge in [-0.1, -0.05) is 97.9 Å². The van der Waals surface area contributed by atoms with Gasteiger partial charge in [0.1, 0.15) is 0 Å². The molecule has 4 heteroatoms. The molecule has 0 saturated carbocycles. The molecule has 4 nitrogen and oxygen atoms in total. The molecule has 3 aromatic carbocycles. The molecule has 1 aliphatic heterocycles. The highest BCUT2D eigenvalue weighted by Crippen LogP contribution is 2.46. The van der Waals surface area contributed by atoms with E-state index in [2.05, 4.69) is 4.90 Å². The first-order valence-corrected chi connectivity index (χ1v) is 10.9. The fraction of sp³-hybridized carbons (Fsp3) is 0.296. The van der Waals surface area contributed by atoms with Gasteiger partial charge in [-0.25, -0.2) is 4.79 Å². The van der Waals surface area contributed by atoms with Crippen molar-refractivity contribution in [1.82, 2.24) is 4.90 Å². The second kappa shape index (κ2) is 8.66. The number of piperidine rings is 1. The van der Waals surface area contributed by atoms with E-state index in [9.17, 15) is 15.0 Å². The average Bonchev–Trinajstić information content (AvgIpc) is 2.82. The highest BCUT2D eigenvalue weighted by molar-refractivity contribution is 5.82. The van der Waals surface area contributed by atoms with Gasteiger partial charge in [-0.2, -0.15) is 0 Å². The molecule has 0 unspecified atom stereocenters. The monoisotopic (exact) mass is 415 g/mol. The third kappa shape index (κ3) is 3.78. The van der Waals surface area contributed by atoms with E-state index in [1.807, 2.05) is 97.9 Å². The van der Waals surface area contributed by atoms with Gasteiger partial charge in [0, 0.05) is 19.0 Å². The van der Waals surface area contributed by atoms with Crippen LogP contribution in [0.15, 0.2) is 91.0 Å². The molecule has 0 radical (unpaired) electrons. The maximum absolute atomic E-state index is 13.1. The summed E-state index contributed by atoms with van der Waals surface area (Å²) in [5, 5.41) is 22.0. The number of aliphatic hydroxyl groups is 1. The second-order valence-electron chi connectivity index (χ2n) is 8.45. The molecule has 31 heavy (non-hydrogen) atoms. The minimum absolute atomic E-state index is 0.281. The molecule has 1 heterocycles. The summed E-state index contributed by atoms with van der Waals surface area (Å²) in [6, 6.07) is 29.1. The number of aliphatic carboxylic acids is 1. The summed E-state index contributed by atoms with van der Waals surface area (Å²) < 4.78 is 0. The predicted molar refractivity (Wildman–Crippen MR) is 122 cm³/mol. The van der Waals surface area contributed by atoms with Crippen LogP contribution in [0.3, 0.4) is 0 Å². The zero-order chi connectivity index (χ0) is 21.9. The van der Waals surface area contributed by atoms with Crippen molar-refractivity contribution < 1.29 is 15.0 Å². The van der Waals surface area contributed by atoms with Gasteiger partial charge < -0.3 is 10.2 Å². The van der Waals surface area contributed by atoms with Crippen molar-refractivity contribution in [3.8, 4) is 0 Å². The molecule has 3 aromatic rings. The van der Waals surface area contributed by atoms with E-state index in [4.69, 9.17) is 0 Å². The molecule has 1 fully saturated rings. The Bertz CT molecular complexity index is 998. The maximum atomic E-state index is 13.1. The highest BCUT2D eigenvalue weighted by Gasteiger charge is 2.52. The number of nitrogens with zero attached hydrogens (tertiary/aromatic N) is 1. The minimum Gasteiger partial charge on any atom is -0.480 e. The Morgan fingerprint density at radius 2 is 1.35 bits per heavy atom. The molecule has 2 atom stereocenters. The van der Waals surface area contributed by atoms with Crippen LogP contribution in [-0.4, -0.2) is 34.2 Å². The molecule has 160 valence electrons. The molecule has 0 aliphatic carbocycles. The van der Waals surface area contributed by atoms with Gasteiger partial charge in [-0.3, -0.25) is 4.90 Å². The van der Waals surface area contributed by atoms with E-state index in [0.29, 0.717) is 25.9 Å².